The van der Waals surface area contributed by atoms with Crippen LogP contribution in [0, 0.1) is 5.92 Å². The number of carbonyl (C=O) groups is 4. The average molecular weight is 719 g/mol. The van der Waals surface area contributed by atoms with Crippen LogP contribution in [-0.4, -0.2) is 75.2 Å². The lowest BCUT2D eigenvalue weighted by Crippen LogP contribution is -2.47. The van der Waals surface area contributed by atoms with Crippen LogP contribution in [0.1, 0.15) is 54.9 Å². The number of alkyl halides is 3. The second-order valence-electron chi connectivity index (χ2n) is 12.1. The Morgan fingerprint density at radius 1 is 0.960 bits per heavy atom. The Hall–Kier alpha value is -5.19. The molecule has 3 aromatic rings. The van der Waals surface area contributed by atoms with Crippen molar-refractivity contribution >= 4 is 52.9 Å². The van der Waals surface area contributed by atoms with Gasteiger partial charge >= 0.3 is 30.0 Å². The Balaban J connectivity index is 1.20. The minimum absolute atomic E-state index is 0.0347. The van der Waals surface area contributed by atoms with Gasteiger partial charge in [0, 0.05) is 28.9 Å². The second-order valence-corrected chi connectivity index (χ2v) is 12.5. The van der Waals surface area contributed by atoms with Gasteiger partial charge in [-0.15, -0.1) is 0 Å². The molecule has 1 aromatic heterocycles. The van der Waals surface area contributed by atoms with Gasteiger partial charge in [-0.05, 0) is 86.9 Å². The lowest BCUT2D eigenvalue weighted by Gasteiger charge is -2.19. The molecule has 50 heavy (non-hydrogen) atoms. The Bertz CT molecular complexity index is 1720. The third-order valence-corrected chi connectivity index (χ3v) is 8.35. The van der Waals surface area contributed by atoms with Crippen LogP contribution >= 0.6 is 11.6 Å². The first-order valence-corrected chi connectivity index (χ1v) is 16.1. The van der Waals surface area contributed by atoms with Gasteiger partial charge in [0.25, 0.3) is 5.91 Å². The molecule has 6 N–H and O–H groups in total. The van der Waals surface area contributed by atoms with E-state index >= 15 is 0 Å². The number of hydrogen-bond donors (Lipinski definition) is 6. The number of hydrogen-bond acceptors (Lipinski definition) is 10. The van der Waals surface area contributed by atoms with E-state index in [0.717, 1.165) is 18.4 Å². The monoisotopic (exact) mass is 718 g/mol. The first-order valence-electron chi connectivity index (χ1n) is 15.7. The summed E-state index contributed by atoms with van der Waals surface area (Å²) in [4.78, 5) is 61.0. The quantitative estimate of drug-likeness (QED) is 0.125. The minimum atomic E-state index is -4.64. The highest BCUT2D eigenvalue weighted by atomic mass is 35.5. The Morgan fingerprint density at radius 2 is 1.62 bits per heavy atom. The normalized spacial score (nSPS) is 15.9. The summed E-state index contributed by atoms with van der Waals surface area (Å²) in [6.45, 7) is 0.00658. The van der Waals surface area contributed by atoms with E-state index < -0.39 is 54.1 Å². The van der Waals surface area contributed by atoms with Crippen molar-refractivity contribution in [2.45, 2.75) is 62.8 Å². The lowest BCUT2D eigenvalue weighted by molar-refractivity contribution is -0.154. The van der Waals surface area contributed by atoms with Crippen molar-refractivity contribution < 1.29 is 42.2 Å². The molecule has 266 valence electrons. The van der Waals surface area contributed by atoms with Gasteiger partial charge in [0.2, 0.25) is 11.9 Å². The zero-order valence-corrected chi connectivity index (χ0v) is 27.4. The fraction of sp³-hybridized carbons (Fsp3) is 0.406. The molecule has 2 aromatic carbocycles. The average Bonchev–Trinajstić information content (AvgIpc) is 4.00. The van der Waals surface area contributed by atoms with Gasteiger partial charge in [0.05, 0.1) is 5.54 Å². The molecule has 0 saturated heterocycles. The summed E-state index contributed by atoms with van der Waals surface area (Å²) in [6.07, 6.45) is -1.44. The molecule has 1 heterocycles. The summed E-state index contributed by atoms with van der Waals surface area (Å²) in [7, 11) is 0. The lowest BCUT2D eigenvalue weighted by atomic mass is 10.1. The summed E-state index contributed by atoms with van der Waals surface area (Å²) in [6, 6.07) is 10.7. The minimum Gasteiger partial charge on any atom is -0.480 e. The molecule has 2 fully saturated rings. The standard InChI is InChI=1S/C32H34ClF3N8O6/c1-17(18-2-3-18)38-26(47)25(46)37-15-12-23(27(48)49)40-24(45)19-4-10-22(11-5-19)39-28-41-29(43-30(42-28)50-16-32(34,35)36)44-31(13-14-31)20-6-8-21(33)9-7-20/h4-11,17-18,23H,2-3,12-16H2,1H3,(H,37,46)(H,38,47)(H,40,45)(H,48,49)(H2,39,41,42,43,44)/t17-,23+/m1/s1. The summed E-state index contributed by atoms with van der Waals surface area (Å²) >= 11 is 6.01. The van der Waals surface area contributed by atoms with E-state index in [2.05, 4.69) is 41.5 Å². The number of ether oxygens (including phenoxy) is 1. The van der Waals surface area contributed by atoms with Crippen LogP contribution in [0.2, 0.25) is 5.02 Å². The molecular weight excluding hydrogens is 685 g/mol. The molecule has 0 aliphatic heterocycles. The van der Waals surface area contributed by atoms with Crippen molar-refractivity contribution in [1.29, 1.82) is 0 Å². The number of benzene rings is 2. The van der Waals surface area contributed by atoms with Gasteiger partial charge < -0.3 is 36.4 Å². The number of nitrogens with zero attached hydrogens (tertiary/aromatic N) is 3. The molecular formula is C32H34ClF3N8O6. The number of carbonyl (C=O) groups excluding carboxylic acids is 3. The van der Waals surface area contributed by atoms with Crippen LogP contribution in [0.25, 0.3) is 0 Å². The van der Waals surface area contributed by atoms with Gasteiger partial charge in [-0.3, -0.25) is 14.4 Å². The number of carboxylic acid groups (broad SMARTS) is 1. The number of carboxylic acids is 1. The molecule has 0 spiro atoms. The van der Waals surface area contributed by atoms with Crippen molar-refractivity contribution in [2.75, 3.05) is 23.8 Å². The van der Waals surface area contributed by atoms with E-state index in [9.17, 15) is 37.5 Å². The largest absolute Gasteiger partial charge is 0.480 e. The molecule has 0 bridgehead atoms. The maximum Gasteiger partial charge on any atom is 0.422 e. The van der Waals surface area contributed by atoms with E-state index in [1.54, 1.807) is 12.1 Å². The van der Waals surface area contributed by atoms with Gasteiger partial charge in [-0.2, -0.15) is 28.1 Å². The molecule has 0 unspecified atom stereocenters. The Morgan fingerprint density at radius 3 is 2.22 bits per heavy atom. The third kappa shape index (κ3) is 10.2. The number of halogens is 4. The van der Waals surface area contributed by atoms with Gasteiger partial charge in [0.15, 0.2) is 6.61 Å². The van der Waals surface area contributed by atoms with Gasteiger partial charge in [0.1, 0.15) is 6.04 Å². The van der Waals surface area contributed by atoms with Crippen molar-refractivity contribution in [1.82, 2.24) is 30.9 Å². The summed E-state index contributed by atoms with van der Waals surface area (Å²) in [5.41, 5.74) is 0.762. The van der Waals surface area contributed by atoms with Crippen LogP contribution in [-0.2, 0) is 19.9 Å². The number of aromatic nitrogens is 3. The summed E-state index contributed by atoms with van der Waals surface area (Å²) in [5.74, 6) is -3.61. The van der Waals surface area contributed by atoms with Gasteiger partial charge in [-0.25, -0.2) is 4.79 Å². The molecule has 2 atom stereocenters. The first-order chi connectivity index (χ1) is 23.7. The number of amides is 3. The Kier molecular flexibility index (Phi) is 10.9. The predicted molar refractivity (Wildman–Crippen MR) is 174 cm³/mol. The van der Waals surface area contributed by atoms with Crippen molar-refractivity contribution in [2.24, 2.45) is 5.92 Å². The molecule has 3 amide bonds. The highest BCUT2D eigenvalue weighted by Crippen LogP contribution is 2.48. The van der Waals surface area contributed by atoms with Crippen LogP contribution in [0.5, 0.6) is 6.01 Å². The molecule has 2 aliphatic rings. The zero-order chi connectivity index (χ0) is 36.1. The Labute approximate surface area is 288 Å². The van der Waals surface area contributed by atoms with Gasteiger partial charge in [-0.1, -0.05) is 23.7 Å². The topological polar surface area (TPSA) is 197 Å². The van der Waals surface area contributed by atoms with E-state index in [4.69, 9.17) is 16.3 Å². The first kappa shape index (κ1) is 36.1. The van der Waals surface area contributed by atoms with Crippen LogP contribution < -0.4 is 31.3 Å². The van der Waals surface area contributed by atoms with Crippen LogP contribution in [0.4, 0.5) is 30.8 Å². The van der Waals surface area contributed by atoms with Crippen molar-refractivity contribution in [3.63, 3.8) is 0 Å². The van der Waals surface area contributed by atoms with E-state index in [1.807, 2.05) is 19.1 Å². The van der Waals surface area contributed by atoms with Crippen LogP contribution in [0.3, 0.4) is 0 Å². The highest BCUT2D eigenvalue weighted by molar-refractivity contribution is 6.35. The fourth-order valence-corrected chi connectivity index (χ4v) is 5.13. The van der Waals surface area contributed by atoms with E-state index in [1.165, 1.54) is 24.3 Å². The van der Waals surface area contributed by atoms with Crippen LogP contribution in [0.15, 0.2) is 48.5 Å². The maximum atomic E-state index is 12.9. The molecule has 2 aliphatic carbocycles. The molecule has 2 saturated carbocycles. The van der Waals surface area contributed by atoms with E-state index in [0.29, 0.717) is 29.5 Å². The maximum absolute atomic E-state index is 12.9. The zero-order valence-electron chi connectivity index (χ0n) is 26.6. The number of anilines is 3. The van der Waals surface area contributed by atoms with Crippen molar-refractivity contribution in [3.05, 3.63) is 64.7 Å². The summed E-state index contributed by atoms with van der Waals surface area (Å²) < 4.78 is 43.5. The third-order valence-electron chi connectivity index (χ3n) is 8.10. The second kappa shape index (κ2) is 15.1. The molecule has 18 heteroatoms. The summed E-state index contributed by atoms with van der Waals surface area (Å²) in [5, 5.41) is 23.5. The SMILES string of the molecule is C[C@@H](NC(=O)C(=O)NCC[C@H](NC(=O)c1ccc(Nc2nc(NC3(c4ccc(Cl)cc4)CC3)nc(OCC(F)(F)F)n2)cc1)C(=O)O)C1CC1. The van der Waals surface area contributed by atoms with Crippen molar-refractivity contribution in [3.8, 4) is 6.01 Å². The van der Waals surface area contributed by atoms with E-state index in [-0.39, 0.29) is 36.5 Å². The number of nitrogens with one attached hydrogen (secondary N) is 5. The number of rotatable bonds is 15. The fourth-order valence-electron chi connectivity index (χ4n) is 5.00. The molecule has 14 nitrogen and oxygen atoms in total. The number of aliphatic carboxylic acids is 1. The molecule has 0 radical (unpaired) electrons. The molecule has 5 rings (SSSR count). The highest BCUT2D eigenvalue weighted by Gasteiger charge is 2.45. The smallest absolute Gasteiger partial charge is 0.422 e. The predicted octanol–water partition coefficient (Wildman–Crippen LogP) is 3.91.